The van der Waals surface area contributed by atoms with Crippen LogP contribution < -0.4 is 20.1 Å². The molecule has 0 aliphatic carbocycles. The molecule has 2 N–H and O–H groups in total. The van der Waals surface area contributed by atoms with E-state index in [1.54, 1.807) is 62.0 Å². The summed E-state index contributed by atoms with van der Waals surface area (Å²) in [6, 6.07) is 14.5. The van der Waals surface area contributed by atoms with Gasteiger partial charge < -0.3 is 20.1 Å². The van der Waals surface area contributed by atoms with Gasteiger partial charge in [-0.25, -0.2) is 0 Å². The molecule has 0 fully saturated rings. The number of carbonyl (C=O) groups is 2. The fourth-order valence-corrected chi connectivity index (χ4v) is 3.90. The summed E-state index contributed by atoms with van der Waals surface area (Å²) >= 11 is 1.70. The first-order valence-corrected chi connectivity index (χ1v) is 10.8. The molecule has 0 saturated heterocycles. The van der Waals surface area contributed by atoms with Crippen LogP contribution in [0.4, 0.5) is 11.4 Å². The van der Waals surface area contributed by atoms with Crippen molar-refractivity contribution in [1.82, 2.24) is 0 Å². The monoisotopic (exact) mass is 438 g/mol. The molecule has 0 aliphatic heterocycles. The number of amides is 2. The van der Waals surface area contributed by atoms with E-state index < -0.39 is 0 Å². The van der Waals surface area contributed by atoms with Crippen molar-refractivity contribution in [1.29, 1.82) is 0 Å². The van der Waals surface area contributed by atoms with Crippen molar-refractivity contribution in [2.45, 2.75) is 26.2 Å². The van der Waals surface area contributed by atoms with Crippen LogP contribution in [0.25, 0.3) is 0 Å². The number of carbonyl (C=O) groups excluding carboxylic acids is 2. The molecule has 3 rings (SSSR count). The Hall–Kier alpha value is -3.32. The lowest BCUT2D eigenvalue weighted by atomic mass is 10.1. The van der Waals surface area contributed by atoms with Gasteiger partial charge in [-0.1, -0.05) is 12.1 Å². The van der Waals surface area contributed by atoms with Crippen LogP contribution in [-0.2, 0) is 11.2 Å². The van der Waals surface area contributed by atoms with Gasteiger partial charge in [0, 0.05) is 34.3 Å². The minimum atomic E-state index is -0.274. The maximum atomic E-state index is 12.8. The smallest absolute Gasteiger partial charge is 0.255 e. The molecule has 1 heterocycles. The first-order chi connectivity index (χ1) is 15.0. The van der Waals surface area contributed by atoms with Gasteiger partial charge in [-0.3, -0.25) is 9.59 Å². The van der Waals surface area contributed by atoms with E-state index in [1.165, 1.54) is 4.88 Å². The molecule has 0 bridgehead atoms. The number of thiophene rings is 1. The van der Waals surface area contributed by atoms with E-state index in [0.717, 1.165) is 18.4 Å². The molecule has 31 heavy (non-hydrogen) atoms. The summed E-state index contributed by atoms with van der Waals surface area (Å²) in [4.78, 5) is 26.3. The molecule has 0 aliphatic rings. The Morgan fingerprint density at radius 3 is 2.45 bits per heavy atom. The number of hydrogen-bond acceptors (Lipinski definition) is 5. The molecule has 1 aromatic heterocycles. The SMILES string of the molecule is COc1cc(C)c(NC(=O)c2cccc(NC(=O)CCCc3cccs3)c2)cc1OC. The molecule has 0 atom stereocenters. The molecule has 3 aromatic rings. The van der Waals surface area contributed by atoms with Gasteiger partial charge in [0.15, 0.2) is 11.5 Å². The molecule has 0 saturated carbocycles. The highest BCUT2D eigenvalue weighted by molar-refractivity contribution is 7.09. The Morgan fingerprint density at radius 1 is 0.968 bits per heavy atom. The summed E-state index contributed by atoms with van der Waals surface area (Å²) in [5.41, 5.74) is 2.52. The van der Waals surface area contributed by atoms with Gasteiger partial charge in [-0.2, -0.15) is 0 Å². The van der Waals surface area contributed by atoms with Crippen molar-refractivity contribution in [2.24, 2.45) is 0 Å². The number of rotatable bonds is 9. The van der Waals surface area contributed by atoms with Gasteiger partial charge in [0.05, 0.1) is 14.2 Å². The first kappa shape index (κ1) is 22.4. The Labute approximate surface area is 186 Å². The standard InChI is InChI=1S/C24H26N2O4S/c1-16-13-21(29-2)22(30-3)15-20(16)26-24(28)17-7-4-8-18(14-17)25-23(27)11-5-9-19-10-6-12-31-19/h4,6-8,10,12-15H,5,9,11H2,1-3H3,(H,25,27)(H,26,28). The van der Waals surface area contributed by atoms with Crippen LogP contribution in [0.5, 0.6) is 11.5 Å². The van der Waals surface area contributed by atoms with E-state index in [4.69, 9.17) is 9.47 Å². The predicted molar refractivity (Wildman–Crippen MR) is 125 cm³/mol. The molecule has 2 amide bonds. The summed E-state index contributed by atoms with van der Waals surface area (Å²) in [7, 11) is 3.11. The summed E-state index contributed by atoms with van der Waals surface area (Å²) in [6.07, 6.45) is 2.10. The second kappa shape index (κ2) is 10.6. The van der Waals surface area contributed by atoms with Crippen molar-refractivity contribution in [3.63, 3.8) is 0 Å². The van der Waals surface area contributed by atoms with Gasteiger partial charge in [0.25, 0.3) is 5.91 Å². The van der Waals surface area contributed by atoms with E-state index in [2.05, 4.69) is 16.7 Å². The normalized spacial score (nSPS) is 10.4. The average molecular weight is 439 g/mol. The average Bonchev–Trinajstić information content (AvgIpc) is 3.28. The van der Waals surface area contributed by atoms with Crippen molar-refractivity contribution in [2.75, 3.05) is 24.9 Å². The second-order valence-electron chi connectivity index (χ2n) is 7.04. The number of nitrogens with one attached hydrogen (secondary N) is 2. The van der Waals surface area contributed by atoms with Crippen LogP contribution in [0.2, 0.25) is 0 Å². The number of hydrogen-bond donors (Lipinski definition) is 2. The minimum Gasteiger partial charge on any atom is -0.493 e. The fraction of sp³-hybridized carbons (Fsp3) is 0.250. The summed E-state index contributed by atoms with van der Waals surface area (Å²) in [6.45, 7) is 1.88. The van der Waals surface area contributed by atoms with Crippen LogP contribution in [0.3, 0.4) is 0 Å². The Morgan fingerprint density at radius 2 is 1.74 bits per heavy atom. The third kappa shape index (κ3) is 6.08. The third-order valence-corrected chi connectivity index (χ3v) is 5.73. The Bertz CT molecular complexity index is 1050. The van der Waals surface area contributed by atoms with E-state index in [9.17, 15) is 9.59 Å². The van der Waals surface area contributed by atoms with Gasteiger partial charge in [-0.15, -0.1) is 11.3 Å². The zero-order valence-electron chi connectivity index (χ0n) is 17.9. The maximum absolute atomic E-state index is 12.8. The first-order valence-electron chi connectivity index (χ1n) is 9.96. The molecule has 0 unspecified atom stereocenters. The molecular weight excluding hydrogens is 412 g/mol. The highest BCUT2D eigenvalue weighted by Gasteiger charge is 2.13. The van der Waals surface area contributed by atoms with Crippen molar-refractivity contribution in [3.05, 3.63) is 69.9 Å². The third-order valence-electron chi connectivity index (χ3n) is 4.79. The maximum Gasteiger partial charge on any atom is 0.255 e. The lowest BCUT2D eigenvalue weighted by molar-refractivity contribution is -0.116. The highest BCUT2D eigenvalue weighted by atomic mass is 32.1. The minimum absolute atomic E-state index is 0.0650. The number of ether oxygens (including phenoxy) is 2. The quantitative estimate of drug-likeness (QED) is 0.476. The van der Waals surface area contributed by atoms with Crippen LogP contribution in [0.15, 0.2) is 53.9 Å². The molecule has 7 heteroatoms. The van der Waals surface area contributed by atoms with Gasteiger partial charge in [0.1, 0.15) is 0 Å². The Balaban J connectivity index is 1.61. The summed E-state index contributed by atoms with van der Waals surface area (Å²) in [5, 5.41) is 7.81. The van der Waals surface area contributed by atoms with Gasteiger partial charge in [0.2, 0.25) is 5.91 Å². The predicted octanol–water partition coefficient (Wildman–Crippen LogP) is 5.29. The van der Waals surface area contributed by atoms with E-state index in [-0.39, 0.29) is 11.8 Å². The summed E-state index contributed by atoms with van der Waals surface area (Å²) in [5.74, 6) is 0.794. The second-order valence-corrected chi connectivity index (χ2v) is 8.07. The van der Waals surface area contributed by atoms with E-state index >= 15 is 0 Å². The number of aryl methyl sites for hydroxylation is 2. The summed E-state index contributed by atoms with van der Waals surface area (Å²) < 4.78 is 10.6. The van der Waals surface area contributed by atoms with Crippen molar-refractivity contribution >= 4 is 34.5 Å². The number of methoxy groups -OCH3 is 2. The van der Waals surface area contributed by atoms with Crippen LogP contribution in [0, 0.1) is 6.92 Å². The molecular formula is C24H26N2O4S. The van der Waals surface area contributed by atoms with Crippen LogP contribution in [-0.4, -0.2) is 26.0 Å². The molecule has 2 aromatic carbocycles. The van der Waals surface area contributed by atoms with E-state index in [1.807, 2.05) is 18.4 Å². The fourth-order valence-electron chi connectivity index (χ4n) is 3.15. The number of anilines is 2. The molecule has 6 nitrogen and oxygen atoms in total. The topological polar surface area (TPSA) is 76.7 Å². The molecule has 0 radical (unpaired) electrons. The Kier molecular flexibility index (Phi) is 7.67. The number of benzene rings is 2. The lowest BCUT2D eigenvalue weighted by Gasteiger charge is -2.14. The van der Waals surface area contributed by atoms with Crippen molar-refractivity contribution in [3.8, 4) is 11.5 Å². The molecule has 0 spiro atoms. The van der Waals surface area contributed by atoms with Crippen LogP contribution >= 0.6 is 11.3 Å². The highest BCUT2D eigenvalue weighted by Crippen LogP contribution is 2.33. The van der Waals surface area contributed by atoms with Crippen molar-refractivity contribution < 1.29 is 19.1 Å². The zero-order valence-corrected chi connectivity index (χ0v) is 18.7. The van der Waals surface area contributed by atoms with Gasteiger partial charge >= 0.3 is 0 Å². The van der Waals surface area contributed by atoms with E-state index in [0.29, 0.717) is 34.9 Å². The largest absolute Gasteiger partial charge is 0.493 e. The zero-order chi connectivity index (χ0) is 22.2. The van der Waals surface area contributed by atoms with Crippen LogP contribution in [0.1, 0.15) is 33.6 Å². The molecule has 162 valence electrons. The van der Waals surface area contributed by atoms with Gasteiger partial charge in [-0.05, 0) is 61.0 Å². The lowest BCUT2D eigenvalue weighted by Crippen LogP contribution is -2.15.